The molecular weight excluding hydrogens is 268 g/mol. The quantitative estimate of drug-likeness (QED) is 0.786. The molecule has 1 aliphatic heterocycles. The standard InChI is InChI=1S/C11H12N4OS2/c12-7-4-13-15-10(7)14-11(16)9-3-6-5-17-2-1-8(6)18-9/h3-4H,1-2,5,12H2,(H2,13,14,15,16). The first-order valence-corrected chi connectivity index (χ1v) is 7.50. The number of nitrogens with two attached hydrogens (primary N) is 1. The topological polar surface area (TPSA) is 83.8 Å². The molecule has 0 bridgehead atoms. The van der Waals surface area contributed by atoms with Crippen molar-refractivity contribution in [3.63, 3.8) is 0 Å². The number of aromatic amines is 1. The summed E-state index contributed by atoms with van der Waals surface area (Å²) in [6, 6.07) is 1.98. The summed E-state index contributed by atoms with van der Waals surface area (Å²) in [4.78, 5) is 14.1. The van der Waals surface area contributed by atoms with E-state index < -0.39 is 0 Å². The Bertz CT molecular complexity index is 566. The van der Waals surface area contributed by atoms with Gasteiger partial charge in [-0.25, -0.2) is 0 Å². The van der Waals surface area contributed by atoms with E-state index >= 15 is 0 Å². The fourth-order valence-corrected chi connectivity index (χ4v) is 4.10. The molecular formula is C11H12N4OS2. The van der Waals surface area contributed by atoms with Crippen molar-refractivity contribution in [2.45, 2.75) is 12.2 Å². The Balaban J connectivity index is 1.80. The average molecular weight is 280 g/mol. The van der Waals surface area contributed by atoms with Crippen molar-refractivity contribution in [2.75, 3.05) is 16.8 Å². The molecule has 5 nitrogen and oxygen atoms in total. The van der Waals surface area contributed by atoms with Gasteiger partial charge in [0, 0.05) is 10.6 Å². The van der Waals surface area contributed by atoms with Gasteiger partial charge < -0.3 is 11.1 Å². The van der Waals surface area contributed by atoms with Crippen LogP contribution in [0.2, 0.25) is 0 Å². The second-order valence-corrected chi connectivity index (χ2v) is 6.26. The van der Waals surface area contributed by atoms with Crippen molar-refractivity contribution >= 4 is 40.5 Å². The van der Waals surface area contributed by atoms with E-state index in [1.807, 2.05) is 17.8 Å². The second-order valence-electron chi connectivity index (χ2n) is 4.02. The third-order valence-electron chi connectivity index (χ3n) is 2.76. The number of aromatic nitrogens is 2. The van der Waals surface area contributed by atoms with Crippen LogP contribution >= 0.6 is 23.1 Å². The molecule has 1 amide bonds. The number of H-pyrrole nitrogens is 1. The highest BCUT2D eigenvalue weighted by molar-refractivity contribution is 7.98. The molecule has 0 aliphatic carbocycles. The number of hydrogen-bond donors (Lipinski definition) is 3. The monoisotopic (exact) mass is 280 g/mol. The summed E-state index contributed by atoms with van der Waals surface area (Å²) in [6.45, 7) is 0. The van der Waals surface area contributed by atoms with Crippen LogP contribution in [0.4, 0.5) is 11.5 Å². The molecule has 0 unspecified atom stereocenters. The van der Waals surface area contributed by atoms with Gasteiger partial charge in [-0.1, -0.05) is 0 Å². The Morgan fingerprint density at radius 1 is 1.56 bits per heavy atom. The lowest BCUT2D eigenvalue weighted by Crippen LogP contribution is -2.11. The summed E-state index contributed by atoms with van der Waals surface area (Å²) in [6.07, 6.45) is 2.54. The third kappa shape index (κ3) is 2.11. The number of fused-ring (bicyclic) bond motifs is 1. The molecule has 2 aromatic rings. The molecule has 0 fully saturated rings. The SMILES string of the molecule is Nc1cn[nH]c1NC(=O)c1cc2c(s1)CCSC2. The van der Waals surface area contributed by atoms with Crippen molar-refractivity contribution in [1.29, 1.82) is 0 Å². The molecule has 7 heteroatoms. The van der Waals surface area contributed by atoms with E-state index in [-0.39, 0.29) is 5.91 Å². The molecule has 0 spiro atoms. The van der Waals surface area contributed by atoms with Gasteiger partial charge in [-0.05, 0) is 23.8 Å². The number of amides is 1. The van der Waals surface area contributed by atoms with Crippen LogP contribution in [0, 0.1) is 0 Å². The van der Waals surface area contributed by atoms with Gasteiger partial charge in [-0.2, -0.15) is 16.9 Å². The Morgan fingerprint density at radius 2 is 2.44 bits per heavy atom. The van der Waals surface area contributed by atoms with Crippen molar-refractivity contribution in [3.05, 3.63) is 27.6 Å². The highest BCUT2D eigenvalue weighted by atomic mass is 32.2. The summed E-state index contributed by atoms with van der Waals surface area (Å²) in [5.74, 6) is 2.48. The molecule has 0 atom stereocenters. The fraction of sp³-hybridized carbons (Fsp3) is 0.273. The van der Waals surface area contributed by atoms with Gasteiger partial charge >= 0.3 is 0 Å². The number of carbonyl (C=O) groups is 1. The van der Waals surface area contributed by atoms with Crippen LogP contribution in [0.1, 0.15) is 20.1 Å². The van der Waals surface area contributed by atoms with Gasteiger partial charge in [-0.15, -0.1) is 11.3 Å². The highest BCUT2D eigenvalue weighted by Gasteiger charge is 2.18. The van der Waals surface area contributed by atoms with Crippen molar-refractivity contribution in [1.82, 2.24) is 10.2 Å². The number of rotatable bonds is 2. The summed E-state index contributed by atoms with van der Waals surface area (Å²) >= 11 is 3.48. The Hall–Kier alpha value is -1.47. The maximum Gasteiger partial charge on any atom is 0.266 e. The minimum atomic E-state index is -0.129. The van der Waals surface area contributed by atoms with Gasteiger partial charge in [0.1, 0.15) is 0 Å². The average Bonchev–Trinajstić information content (AvgIpc) is 2.96. The number of thioether (sulfide) groups is 1. The normalized spacial score (nSPS) is 14.2. The smallest absolute Gasteiger partial charge is 0.266 e. The molecule has 0 radical (unpaired) electrons. The molecule has 1 aliphatic rings. The molecule has 2 aromatic heterocycles. The van der Waals surface area contributed by atoms with E-state index in [1.54, 1.807) is 11.3 Å². The number of hydrogen-bond acceptors (Lipinski definition) is 5. The molecule has 18 heavy (non-hydrogen) atoms. The largest absolute Gasteiger partial charge is 0.394 e. The number of aryl methyl sites for hydroxylation is 1. The summed E-state index contributed by atoms with van der Waals surface area (Å²) in [5.41, 5.74) is 7.39. The van der Waals surface area contributed by atoms with Crippen LogP contribution in [0.3, 0.4) is 0 Å². The summed E-state index contributed by atoms with van der Waals surface area (Å²) in [7, 11) is 0. The van der Waals surface area contributed by atoms with Gasteiger partial charge in [-0.3, -0.25) is 9.89 Å². The number of nitrogens with one attached hydrogen (secondary N) is 2. The Labute approximate surface area is 112 Å². The Morgan fingerprint density at radius 3 is 3.17 bits per heavy atom. The van der Waals surface area contributed by atoms with E-state index in [9.17, 15) is 4.79 Å². The van der Waals surface area contributed by atoms with Crippen molar-refractivity contribution in [3.8, 4) is 0 Å². The lowest BCUT2D eigenvalue weighted by molar-refractivity contribution is 0.103. The number of thiophene rings is 1. The van der Waals surface area contributed by atoms with Crippen LogP contribution in [-0.4, -0.2) is 21.9 Å². The third-order valence-corrected chi connectivity index (χ3v) is 5.00. The molecule has 4 N–H and O–H groups in total. The number of nitrogens with zero attached hydrogens (tertiary/aromatic N) is 1. The first kappa shape index (κ1) is 11.6. The van der Waals surface area contributed by atoms with E-state index in [1.165, 1.54) is 16.6 Å². The van der Waals surface area contributed by atoms with Crippen molar-refractivity contribution < 1.29 is 4.79 Å². The van der Waals surface area contributed by atoms with Gasteiger partial charge in [0.25, 0.3) is 5.91 Å². The molecule has 0 saturated carbocycles. The number of carbonyl (C=O) groups excluding carboxylic acids is 1. The van der Waals surface area contributed by atoms with E-state index in [0.717, 1.165) is 22.8 Å². The zero-order chi connectivity index (χ0) is 12.5. The molecule has 3 heterocycles. The zero-order valence-corrected chi connectivity index (χ0v) is 11.2. The summed E-state index contributed by atoms with van der Waals surface area (Å²) < 4.78 is 0. The van der Waals surface area contributed by atoms with E-state index in [4.69, 9.17) is 5.73 Å². The summed E-state index contributed by atoms with van der Waals surface area (Å²) in [5, 5.41) is 9.17. The van der Waals surface area contributed by atoms with Crippen LogP contribution in [-0.2, 0) is 12.2 Å². The minimum Gasteiger partial charge on any atom is -0.394 e. The molecule has 94 valence electrons. The van der Waals surface area contributed by atoms with Crippen LogP contribution in [0.5, 0.6) is 0 Å². The lowest BCUT2D eigenvalue weighted by atomic mass is 10.2. The second kappa shape index (κ2) is 4.66. The van der Waals surface area contributed by atoms with Gasteiger partial charge in [0.05, 0.1) is 16.8 Å². The Kier molecular flexibility index (Phi) is 3.00. The first-order valence-electron chi connectivity index (χ1n) is 5.53. The van der Waals surface area contributed by atoms with E-state index in [2.05, 4.69) is 15.5 Å². The predicted octanol–water partition coefficient (Wildman–Crippen LogP) is 2.10. The van der Waals surface area contributed by atoms with Crippen LogP contribution in [0.15, 0.2) is 12.3 Å². The molecule has 0 saturated heterocycles. The lowest BCUT2D eigenvalue weighted by Gasteiger charge is -2.08. The van der Waals surface area contributed by atoms with Gasteiger partial charge in [0.2, 0.25) is 0 Å². The van der Waals surface area contributed by atoms with Crippen LogP contribution in [0.25, 0.3) is 0 Å². The predicted molar refractivity (Wildman–Crippen MR) is 75.1 cm³/mol. The zero-order valence-electron chi connectivity index (χ0n) is 9.53. The number of anilines is 2. The maximum atomic E-state index is 12.1. The van der Waals surface area contributed by atoms with Crippen molar-refractivity contribution in [2.24, 2.45) is 0 Å². The maximum absolute atomic E-state index is 12.1. The minimum absolute atomic E-state index is 0.129. The van der Waals surface area contributed by atoms with Crippen LogP contribution < -0.4 is 11.1 Å². The molecule has 0 aromatic carbocycles. The molecule has 3 rings (SSSR count). The van der Waals surface area contributed by atoms with E-state index in [0.29, 0.717) is 11.5 Å². The highest BCUT2D eigenvalue weighted by Crippen LogP contribution is 2.32. The van der Waals surface area contributed by atoms with Gasteiger partial charge in [0.15, 0.2) is 5.82 Å². The number of nitrogen functional groups attached to an aromatic ring is 1. The first-order chi connectivity index (χ1) is 8.74. The fourth-order valence-electron chi connectivity index (χ4n) is 1.83.